The molecule has 15 heavy (non-hydrogen) atoms. The first kappa shape index (κ1) is 10.5. The average Bonchev–Trinajstić information content (AvgIpc) is 2.17. The topological polar surface area (TPSA) is 46.5 Å². The second kappa shape index (κ2) is 3.85. The number of fused-ring (bicyclic) bond motifs is 1. The molecule has 1 aliphatic rings. The van der Waals surface area contributed by atoms with E-state index in [0.29, 0.717) is 0 Å². The normalized spacial score (nSPS) is 24.1. The number of carboxylic acid groups (broad SMARTS) is 1. The molecule has 1 aromatic rings. The standard InChI is InChI=1S/C11H11BrO3/c1-6-7(11(13)14)5-15-9-4-2-3-8(12)10(6)9/h2-4,6-7H,5H2,1H3,(H,13,14). The Morgan fingerprint density at radius 1 is 1.60 bits per heavy atom. The third-order valence-electron chi connectivity index (χ3n) is 2.81. The number of carboxylic acids is 1. The molecule has 0 radical (unpaired) electrons. The minimum atomic E-state index is -0.802. The average molecular weight is 271 g/mol. The highest BCUT2D eigenvalue weighted by molar-refractivity contribution is 9.10. The van der Waals surface area contributed by atoms with Gasteiger partial charge in [0.15, 0.2) is 0 Å². The van der Waals surface area contributed by atoms with Crippen LogP contribution in [0.4, 0.5) is 0 Å². The van der Waals surface area contributed by atoms with Gasteiger partial charge >= 0.3 is 5.97 Å². The quantitative estimate of drug-likeness (QED) is 0.854. The van der Waals surface area contributed by atoms with Crippen LogP contribution in [0.3, 0.4) is 0 Å². The first-order chi connectivity index (χ1) is 7.11. The van der Waals surface area contributed by atoms with E-state index in [-0.39, 0.29) is 12.5 Å². The fraction of sp³-hybridized carbons (Fsp3) is 0.364. The first-order valence-corrected chi connectivity index (χ1v) is 5.54. The van der Waals surface area contributed by atoms with Crippen molar-refractivity contribution in [2.45, 2.75) is 12.8 Å². The number of aliphatic carboxylic acids is 1. The Balaban J connectivity index is 2.45. The van der Waals surface area contributed by atoms with Crippen LogP contribution in [0.5, 0.6) is 5.75 Å². The van der Waals surface area contributed by atoms with Crippen LogP contribution in [-0.4, -0.2) is 17.7 Å². The lowest BCUT2D eigenvalue weighted by atomic mass is 9.86. The number of ether oxygens (including phenoxy) is 1. The van der Waals surface area contributed by atoms with Crippen molar-refractivity contribution in [3.05, 3.63) is 28.2 Å². The molecule has 0 bridgehead atoms. The van der Waals surface area contributed by atoms with Crippen molar-refractivity contribution in [3.8, 4) is 5.75 Å². The van der Waals surface area contributed by atoms with Crippen LogP contribution in [0.15, 0.2) is 22.7 Å². The molecular weight excluding hydrogens is 260 g/mol. The molecule has 0 saturated carbocycles. The molecule has 0 aromatic heterocycles. The molecule has 1 heterocycles. The van der Waals surface area contributed by atoms with E-state index >= 15 is 0 Å². The first-order valence-electron chi connectivity index (χ1n) is 4.75. The number of carbonyl (C=O) groups is 1. The minimum Gasteiger partial charge on any atom is -0.492 e. The van der Waals surface area contributed by atoms with Gasteiger partial charge in [-0.3, -0.25) is 4.79 Å². The minimum absolute atomic E-state index is 0.0261. The van der Waals surface area contributed by atoms with Crippen LogP contribution in [0.2, 0.25) is 0 Å². The van der Waals surface area contributed by atoms with Crippen molar-refractivity contribution in [1.82, 2.24) is 0 Å². The van der Waals surface area contributed by atoms with Crippen LogP contribution in [-0.2, 0) is 4.79 Å². The van der Waals surface area contributed by atoms with Gasteiger partial charge in [-0.25, -0.2) is 0 Å². The summed E-state index contributed by atoms with van der Waals surface area (Å²) < 4.78 is 6.35. The molecule has 0 saturated heterocycles. The number of hydrogen-bond donors (Lipinski definition) is 1. The summed E-state index contributed by atoms with van der Waals surface area (Å²) in [5.41, 5.74) is 0.955. The van der Waals surface area contributed by atoms with Gasteiger partial charge in [-0.15, -0.1) is 0 Å². The van der Waals surface area contributed by atoms with E-state index in [2.05, 4.69) is 15.9 Å². The summed E-state index contributed by atoms with van der Waals surface area (Å²) in [4.78, 5) is 11.0. The fourth-order valence-corrected chi connectivity index (χ4v) is 2.60. The van der Waals surface area contributed by atoms with Gasteiger partial charge < -0.3 is 9.84 Å². The van der Waals surface area contributed by atoms with Gasteiger partial charge in [0.05, 0.1) is 5.92 Å². The summed E-state index contributed by atoms with van der Waals surface area (Å²) in [6.45, 7) is 2.17. The Hall–Kier alpha value is -1.03. The maximum atomic E-state index is 11.0. The van der Waals surface area contributed by atoms with Gasteiger partial charge in [0, 0.05) is 16.0 Å². The molecule has 2 unspecified atom stereocenters. The van der Waals surface area contributed by atoms with Crippen molar-refractivity contribution in [2.75, 3.05) is 6.61 Å². The van der Waals surface area contributed by atoms with Gasteiger partial charge in [0.2, 0.25) is 0 Å². The monoisotopic (exact) mass is 270 g/mol. The zero-order valence-corrected chi connectivity index (χ0v) is 9.82. The lowest BCUT2D eigenvalue weighted by Crippen LogP contribution is -2.31. The lowest BCUT2D eigenvalue weighted by molar-refractivity contribution is -0.144. The van der Waals surface area contributed by atoms with Crippen LogP contribution in [0.25, 0.3) is 0 Å². The summed E-state index contributed by atoms with van der Waals surface area (Å²) in [7, 11) is 0. The van der Waals surface area contributed by atoms with Gasteiger partial charge in [0.25, 0.3) is 0 Å². The highest BCUT2D eigenvalue weighted by atomic mass is 79.9. The van der Waals surface area contributed by atoms with Gasteiger partial charge in [-0.1, -0.05) is 28.9 Å². The summed E-state index contributed by atoms with van der Waals surface area (Å²) >= 11 is 3.43. The van der Waals surface area contributed by atoms with Crippen molar-refractivity contribution in [2.24, 2.45) is 5.92 Å². The molecule has 0 amide bonds. The van der Waals surface area contributed by atoms with E-state index in [1.54, 1.807) is 0 Å². The summed E-state index contributed by atoms with van der Waals surface area (Å²) in [6, 6.07) is 5.66. The fourth-order valence-electron chi connectivity index (χ4n) is 1.90. The highest BCUT2D eigenvalue weighted by Gasteiger charge is 2.33. The Labute approximate surface area is 96.2 Å². The molecule has 80 valence electrons. The molecule has 1 aliphatic heterocycles. The van der Waals surface area contributed by atoms with E-state index in [0.717, 1.165) is 15.8 Å². The summed E-state index contributed by atoms with van der Waals surface area (Å²) in [6.07, 6.45) is 0. The maximum Gasteiger partial charge on any atom is 0.310 e. The Bertz CT molecular complexity index is 403. The van der Waals surface area contributed by atoms with Crippen molar-refractivity contribution < 1.29 is 14.6 Å². The van der Waals surface area contributed by atoms with E-state index in [4.69, 9.17) is 9.84 Å². The molecule has 3 nitrogen and oxygen atoms in total. The van der Waals surface area contributed by atoms with E-state index in [1.807, 2.05) is 25.1 Å². The third kappa shape index (κ3) is 1.74. The third-order valence-corrected chi connectivity index (χ3v) is 3.50. The van der Waals surface area contributed by atoms with Crippen LogP contribution >= 0.6 is 15.9 Å². The smallest absolute Gasteiger partial charge is 0.310 e. The van der Waals surface area contributed by atoms with Crippen LogP contribution in [0, 0.1) is 5.92 Å². The second-order valence-electron chi connectivity index (χ2n) is 3.70. The molecular formula is C11H11BrO3. The van der Waals surface area contributed by atoms with E-state index < -0.39 is 11.9 Å². The number of benzene rings is 1. The van der Waals surface area contributed by atoms with E-state index in [9.17, 15) is 4.79 Å². The van der Waals surface area contributed by atoms with Gasteiger partial charge in [0.1, 0.15) is 12.4 Å². The molecule has 2 atom stereocenters. The molecule has 1 N–H and O–H groups in total. The zero-order chi connectivity index (χ0) is 11.0. The van der Waals surface area contributed by atoms with E-state index in [1.165, 1.54) is 0 Å². The SMILES string of the molecule is CC1c2c(Br)cccc2OCC1C(=O)O. The summed E-state index contributed by atoms with van der Waals surface area (Å²) in [5, 5.41) is 9.03. The zero-order valence-electron chi connectivity index (χ0n) is 8.24. The van der Waals surface area contributed by atoms with Gasteiger partial charge in [-0.05, 0) is 12.1 Å². The van der Waals surface area contributed by atoms with Crippen molar-refractivity contribution in [3.63, 3.8) is 0 Å². The molecule has 0 fully saturated rings. The number of rotatable bonds is 1. The highest BCUT2D eigenvalue weighted by Crippen LogP contribution is 2.41. The lowest BCUT2D eigenvalue weighted by Gasteiger charge is -2.29. The van der Waals surface area contributed by atoms with Crippen molar-refractivity contribution in [1.29, 1.82) is 0 Å². The van der Waals surface area contributed by atoms with Crippen LogP contribution < -0.4 is 4.74 Å². The predicted octanol–water partition coefficient (Wildman–Crippen LogP) is 2.65. The second-order valence-corrected chi connectivity index (χ2v) is 4.55. The molecule has 0 aliphatic carbocycles. The summed E-state index contributed by atoms with van der Waals surface area (Å²) in [5.74, 6) is -0.503. The number of hydrogen-bond acceptors (Lipinski definition) is 2. The Morgan fingerprint density at radius 3 is 3.00 bits per heavy atom. The van der Waals surface area contributed by atoms with Gasteiger partial charge in [-0.2, -0.15) is 0 Å². The largest absolute Gasteiger partial charge is 0.492 e. The predicted molar refractivity (Wildman–Crippen MR) is 59.2 cm³/mol. The number of halogens is 1. The Kier molecular flexibility index (Phi) is 2.69. The molecule has 4 heteroatoms. The van der Waals surface area contributed by atoms with Crippen molar-refractivity contribution >= 4 is 21.9 Å². The molecule has 1 aromatic carbocycles. The van der Waals surface area contributed by atoms with Crippen LogP contribution in [0.1, 0.15) is 18.4 Å². The maximum absolute atomic E-state index is 11.0. The Morgan fingerprint density at radius 2 is 2.33 bits per heavy atom. The molecule has 2 rings (SSSR count). The molecule has 0 spiro atoms.